The van der Waals surface area contributed by atoms with Crippen LogP contribution >= 0.6 is 0 Å². The van der Waals surface area contributed by atoms with Gasteiger partial charge in [0.1, 0.15) is 29.3 Å². The van der Waals surface area contributed by atoms with E-state index in [4.69, 9.17) is 4.74 Å². The van der Waals surface area contributed by atoms with Crippen molar-refractivity contribution >= 4 is 5.91 Å². The summed E-state index contributed by atoms with van der Waals surface area (Å²) in [4.78, 5) is 16.6. The average molecular weight is 357 g/mol. The van der Waals surface area contributed by atoms with Gasteiger partial charge in [-0.2, -0.15) is 0 Å². The summed E-state index contributed by atoms with van der Waals surface area (Å²) in [7, 11) is 1.80. The Labute approximate surface area is 149 Å². The van der Waals surface area contributed by atoms with Crippen LogP contribution in [0.4, 0.5) is 8.78 Å². The minimum Gasteiger partial charge on any atom is -0.484 e. The number of hydrogen-bond donors (Lipinski definition) is 1. The van der Waals surface area contributed by atoms with Crippen molar-refractivity contribution in [3.63, 3.8) is 0 Å². The lowest BCUT2D eigenvalue weighted by Gasteiger charge is -2.19. The maximum atomic E-state index is 13.2. The second-order valence-electron chi connectivity index (χ2n) is 5.69. The maximum Gasteiger partial charge on any atom is 0.258 e. The van der Waals surface area contributed by atoms with Crippen LogP contribution in [-0.4, -0.2) is 22.1 Å². The van der Waals surface area contributed by atoms with Crippen molar-refractivity contribution in [2.75, 3.05) is 6.61 Å². The topological polar surface area (TPSA) is 56.2 Å². The van der Waals surface area contributed by atoms with Crippen molar-refractivity contribution < 1.29 is 18.3 Å². The summed E-state index contributed by atoms with van der Waals surface area (Å²) in [6.45, 7) is -0.286. The lowest BCUT2D eigenvalue weighted by molar-refractivity contribution is -0.123. The van der Waals surface area contributed by atoms with Crippen molar-refractivity contribution in [2.45, 2.75) is 6.04 Å². The summed E-state index contributed by atoms with van der Waals surface area (Å²) in [6, 6.07) is 10.8. The molecule has 1 heterocycles. The summed E-state index contributed by atoms with van der Waals surface area (Å²) in [5.74, 6) is -0.369. The van der Waals surface area contributed by atoms with Crippen molar-refractivity contribution in [1.29, 1.82) is 0 Å². The zero-order chi connectivity index (χ0) is 18.5. The van der Waals surface area contributed by atoms with Gasteiger partial charge in [0.2, 0.25) is 0 Å². The summed E-state index contributed by atoms with van der Waals surface area (Å²) in [5, 5.41) is 2.82. The van der Waals surface area contributed by atoms with Crippen molar-refractivity contribution in [3.8, 4) is 5.75 Å². The minimum atomic E-state index is -0.570. The zero-order valence-electron chi connectivity index (χ0n) is 14.0. The monoisotopic (exact) mass is 357 g/mol. The van der Waals surface area contributed by atoms with E-state index < -0.39 is 17.8 Å². The van der Waals surface area contributed by atoms with E-state index in [0.717, 1.165) is 0 Å². The average Bonchev–Trinajstić information content (AvgIpc) is 3.05. The molecule has 1 atom stereocenters. The van der Waals surface area contributed by atoms with Gasteiger partial charge in [0.15, 0.2) is 6.61 Å². The SMILES string of the molecule is Cn1ccnc1[C@@H](NC(=O)COc1cccc(F)c1)c1ccc(F)cc1. The van der Waals surface area contributed by atoms with Crippen LogP contribution in [0.1, 0.15) is 17.4 Å². The molecular formula is C19H17F2N3O2. The summed E-state index contributed by atoms with van der Waals surface area (Å²) in [5.41, 5.74) is 0.680. The number of carbonyl (C=O) groups is 1. The first kappa shape index (κ1) is 17.6. The molecular weight excluding hydrogens is 340 g/mol. The molecule has 1 N–H and O–H groups in total. The van der Waals surface area contributed by atoms with Crippen molar-refractivity contribution in [3.05, 3.63) is 83.9 Å². The molecule has 0 aliphatic heterocycles. The number of amides is 1. The van der Waals surface area contributed by atoms with Crippen LogP contribution in [0.3, 0.4) is 0 Å². The normalized spacial score (nSPS) is 11.8. The van der Waals surface area contributed by atoms with Crippen LogP contribution in [0.5, 0.6) is 5.75 Å². The number of aromatic nitrogens is 2. The first-order valence-corrected chi connectivity index (χ1v) is 7.93. The van der Waals surface area contributed by atoms with Crippen LogP contribution < -0.4 is 10.1 Å². The van der Waals surface area contributed by atoms with Gasteiger partial charge in [-0.05, 0) is 29.8 Å². The Morgan fingerprint density at radius 2 is 1.96 bits per heavy atom. The quantitative estimate of drug-likeness (QED) is 0.738. The molecule has 26 heavy (non-hydrogen) atoms. The van der Waals surface area contributed by atoms with Crippen molar-refractivity contribution in [2.24, 2.45) is 7.05 Å². The number of halogens is 2. The Balaban J connectivity index is 1.74. The van der Waals surface area contributed by atoms with Gasteiger partial charge in [0.25, 0.3) is 5.91 Å². The van der Waals surface area contributed by atoms with Gasteiger partial charge in [-0.1, -0.05) is 18.2 Å². The molecule has 0 saturated carbocycles. The number of aryl methyl sites for hydroxylation is 1. The van der Waals surface area contributed by atoms with Crippen LogP contribution in [0.25, 0.3) is 0 Å². The van der Waals surface area contributed by atoms with E-state index in [1.54, 1.807) is 42.2 Å². The van der Waals surface area contributed by atoms with Crippen LogP contribution in [-0.2, 0) is 11.8 Å². The van der Waals surface area contributed by atoms with Gasteiger partial charge in [-0.15, -0.1) is 0 Å². The number of ether oxygens (including phenoxy) is 1. The third kappa shape index (κ3) is 4.24. The fourth-order valence-corrected chi connectivity index (χ4v) is 2.52. The standard InChI is InChI=1S/C19H17F2N3O2/c1-24-10-9-22-19(24)18(13-5-7-14(20)8-6-13)23-17(25)12-26-16-4-2-3-15(21)11-16/h2-11,18H,12H2,1H3,(H,23,25)/t18-/m0/s1. The highest BCUT2D eigenvalue weighted by Gasteiger charge is 2.21. The van der Waals surface area contributed by atoms with Gasteiger partial charge in [0.05, 0.1) is 0 Å². The molecule has 1 aromatic heterocycles. The second-order valence-corrected chi connectivity index (χ2v) is 5.69. The highest BCUT2D eigenvalue weighted by atomic mass is 19.1. The van der Waals surface area contributed by atoms with E-state index in [0.29, 0.717) is 11.4 Å². The molecule has 7 heteroatoms. The van der Waals surface area contributed by atoms with Gasteiger partial charge in [0, 0.05) is 25.5 Å². The first-order chi connectivity index (χ1) is 12.5. The predicted molar refractivity (Wildman–Crippen MR) is 91.5 cm³/mol. The number of nitrogens with zero attached hydrogens (tertiary/aromatic N) is 2. The molecule has 3 aromatic rings. The smallest absolute Gasteiger partial charge is 0.258 e. The lowest BCUT2D eigenvalue weighted by atomic mass is 10.1. The predicted octanol–water partition coefficient (Wildman–Crippen LogP) is 2.98. The lowest BCUT2D eigenvalue weighted by Crippen LogP contribution is -2.34. The molecule has 3 rings (SSSR count). The fourth-order valence-electron chi connectivity index (χ4n) is 2.52. The summed E-state index contributed by atoms with van der Waals surface area (Å²) < 4.78 is 33.5. The zero-order valence-corrected chi connectivity index (χ0v) is 14.0. The summed E-state index contributed by atoms with van der Waals surface area (Å²) in [6.07, 6.45) is 3.36. The molecule has 0 unspecified atom stereocenters. The Morgan fingerprint density at radius 1 is 1.19 bits per heavy atom. The highest BCUT2D eigenvalue weighted by molar-refractivity contribution is 5.78. The highest BCUT2D eigenvalue weighted by Crippen LogP contribution is 2.21. The third-order valence-electron chi connectivity index (χ3n) is 3.79. The largest absolute Gasteiger partial charge is 0.484 e. The van der Waals surface area contributed by atoms with Gasteiger partial charge in [-0.25, -0.2) is 13.8 Å². The van der Waals surface area contributed by atoms with Crippen molar-refractivity contribution in [1.82, 2.24) is 14.9 Å². The van der Waals surface area contributed by atoms with Gasteiger partial charge >= 0.3 is 0 Å². The molecule has 0 radical (unpaired) electrons. The molecule has 134 valence electrons. The minimum absolute atomic E-state index is 0.260. The van der Waals surface area contributed by atoms with E-state index in [1.165, 1.54) is 30.3 Å². The van der Waals surface area contributed by atoms with E-state index in [1.807, 2.05) is 0 Å². The summed E-state index contributed by atoms with van der Waals surface area (Å²) >= 11 is 0. The molecule has 0 saturated heterocycles. The number of benzene rings is 2. The van der Waals surface area contributed by atoms with E-state index in [9.17, 15) is 13.6 Å². The van der Waals surface area contributed by atoms with Gasteiger partial charge in [-0.3, -0.25) is 4.79 Å². The van der Waals surface area contributed by atoms with Crippen LogP contribution in [0.15, 0.2) is 60.9 Å². The van der Waals surface area contributed by atoms with Crippen LogP contribution in [0.2, 0.25) is 0 Å². The maximum absolute atomic E-state index is 13.2. The molecule has 0 bridgehead atoms. The molecule has 2 aromatic carbocycles. The second kappa shape index (κ2) is 7.77. The number of carbonyl (C=O) groups excluding carboxylic acids is 1. The molecule has 5 nitrogen and oxygen atoms in total. The molecule has 1 amide bonds. The number of imidazole rings is 1. The molecule has 0 fully saturated rings. The molecule has 0 aliphatic rings. The van der Waals surface area contributed by atoms with Crippen LogP contribution in [0, 0.1) is 11.6 Å². The molecule has 0 aliphatic carbocycles. The number of rotatable bonds is 6. The Morgan fingerprint density at radius 3 is 2.62 bits per heavy atom. The van der Waals surface area contributed by atoms with E-state index in [2.05, 4.69) is 10.3 Å². The number of nitrogens with one attached hydrogen (secondary N) is 1. The Kier molecular flexibility index (Phi) is 5.26. The molecule has 0 spiro atoms. The number of hydrogen-bond acceptors (Lipinski definition) is 3. The van der Waals surface area contributed by atoms with E-state index >= 15 is 0 Å². The Hall–Kier alpha value is -3.22. The Bertz CT molecular complexity index is 894. The first-order valence-electron chi connectivity index (χ1n) is 7.93. The third-order valence-corrected chi connectivity index (χ3v) is 3.79. The van der Waals surface area contributed by atoms with E-state index in [-0.39, 0.29) is 18.2 Å². The fraction of sp³-hybridized carbons (Fsp3) is 0.158. The van der Waals surface area contributed by atoms with Gasteiger partial charge < -0.3 is 14.6 Å².